The van der Waals surface area contributed by atoms with E-state index in [0.717, 1.165) is 48.8 Å². The van der Waals surface area contributed by atoms with Crippen LogP contribution in [0.15, 0.2) is 36.4 Å². The molecule has 0 spiro atoms. The predicted octanol–water partition coefficient (Wildman–Crippen LogP) is 2.20. The van der Waals surface area contributed by atoms with E-state index >= 15 is 0 Å². The summed E-state index contributed by atoms with van der Waals surface area (Å²) in [6.07, 6.45) is 6.43. The third-order valence-corrected chi connectivity index (χ3v) is 4.67. The van der Waals surface area contributed by atoms with E-state index in [1.807, 2.05) is 17.9 Å². The molecule has 3 aromatic rings. The lowest BCUT2D eigenvalue weighted by Crippen LogP contribution is -2.31. The van der Waals surface area contributed by atoms with Gasteiger partial charge in [0.05, 0.1) is 5.51 Å². The standard InChI is InChI=1S/C15H16N6S/c1-6-20(12-2-4-16-5-3-12)8-9-21(7-1)14-13-15(18-10-17-14)22-11-19-13/h2-5,10-11H,1,6-9H2. The number of aromatic nitrogens is 4. The molecule has 0 amide bonds. The van der Waals surface area contributed by atoms with Crippen molar-refractivity contribution in [2.75, 3.05) is 36.0 Å². The van der Waals surface area contributed by atoms with Crippen molar-refractivity contribution in [2.24, 2.45) is 0 Å². The van der Waals surface area contributed by atoms with E-state index in [1.165, 1.54) is 5.69 Å². The number of hydrogen-bond acceptors (Lipinski definition) is 7. The van der Waals surface area contributed by atoms with Gasteiger partial charge in [-0.15, -0.1) is 11.3 Å². The summed E-state index contributed by atoms with van der Waals surface area (Å²) in [6.45, 7) is 3.95. The first-order valence-corrected chi connectivity index (χ1v) is 8.24. The van der Waals surface area contributed by atoms with Crippen molar-refractivity contribution in [2.45, 2.75) is 6.42 Å². The fourth-order valence-electron chi connectivity index (χ4n) is 2.86. The van der Waals surface area contributed by atoms with Gasteiger partial charge in [0.2, 0.25) is 0 Å². The normalized spacial score (nSPS) is 16.0. The highest BCUT2D eigenvalue weighted by Crippen LogP contribution is 2.25. The number of anilines is 2. The first kappa shape index (κ1) is 13.4. The van der Waals surface area contributed by atoms with Crippen molar-refractivity contribution in [3.63, 3.8) is 0 Å². The minimum absolute atomic E-state index is 0.921. The lowest BCUT2D eigenvalue weighted by Gasteiger charge is -2.24. The van der Waals surface area contributed by atoms with Gasteiger partial charge in [-0.2, -0.15) is 0 Å². The van der Waals surface area contributed by atoms with E-state index in [4.69, 9.17) is 0 Å². The molecule has 0 aliphatic carbocycles. The van der Waals surface area contributed by atoms with Crippen molar-refractivity contribution in [3.05, 3.63) is 36.4 Å². The van der Waals surface area contributed by atoms with Crippen LogP contribution in [-0.4, -0.2) is 46.1 Å². The second-order valence-electron chi connectivity index (χ2n) is 5.24. The second-order valence-corrected chi connectivity index (χ2v) is 6.07. The molecule has 3 aromatic heterocycles. The first-order chi connectivity index (χ1) is 10.9. The summed E-state index contributed by atoms with van der Waals surface area (Å²) in [6, 6.07) is 4.14. The largest absolute Gasteiger partial charge is 0.370 e. The zero-order valence-corrected chi connectivity index (χ0v) is 12.9. The smallest absolute Gasteiger partial charge is 0.159 e. The van der Waals surface area contributed by atoms with E-state index in [2.05, 4.69) is 41.9 Å². The summed E-state index contributed by atoms with van der Waals surface area (Å²) >= 11 is 1.56. The maximum atomic E-state index is 4.47. The van der Waals surface area contributed by atoms with Gasteiger partial charge in [-0.25, -0.2) is 15.0 Å². The van der Waals surface area contributed by atoms with Gasteiger partial charge in [-0.05, 0) is 18.6 Å². The first-order valence-electron chi connectivity index (χ1n) is 7.36. The zero-order chi connectivity index (χ0) is 14.8. The highest BCUT2D eigenvalue weighted by Gasteiger charge is 2.19. The minimum atomic E-state index is 0.921. The summed E-state index contributed by atoms with van der Waals surface area (Å²) in [5, 5.41) is 0. The third-order valence-electron chi connectivity index (χ3n) is 3.94. The molecule has 0 unspecified atom stereocenters. The maximum Gasteiger partial charge on any atom is 0.159 e. The monoisotopic (exact) mass is 312 g/mol. The summed E-state index contributed by atoms with van der Waals surface area (Å²) in [5.41, 5.74) is 3.99. The van der Waals surface area contributed by atoms with Crippen LogP contribution in [0.2, 0.25) is 0 Å². The van der Waals surface area contributed by atoms with Gasteiger partial charge in [-0.1, -0.05) is 0 Å². The summed E-state index contributed by atoms with van der Waals surface area (Å²) in [5.74, 6) is 0.961. The van der Waals surface area contributed by atoms with Crippen LogP contribution in [0, 0.1) is 0 Å². The molecule has 1 aliphatic rings. The van der Waals surface area contributed by atoms with Crippen molar-refractivity contribution < 1.29 is 0 Å². The fraction of sp³-hybridized carbons (Fsp3) is 0.333. The molecule has 4 rings (SSSR count). The number of hydrogen-bond donors (Lipinski definition) is 0. The van der Waals surface area contributed by atoms with Crippen LogP contribution in [-0.2, 0) is 0 Å². The Morgan fingerprint density at radius 3 is 2.64 bits per heavy atom. The van der Waals surface area contributed by atoms with Gasteiger partial charge in [0.15, 0.2) is 5.82 Å². The zero-order valence-electron chi connectivity index (χ0n) is 12.1. The summed E-state index contributed by atoms with van der Waals surface area (Å²) in [4.78, 5) is 23.0. The van der Waals surface area contributed by atoms with Crippen LogP contribution >= 0.6 is 11.3 Å². The molecule has 6 nitrogen and oxygen atoms in total. The van der Waals surface area contributed by atoms with Gasteiger partial charge in [0.25, 0.3) is 0 Å². The average molecular weight is 312 g/mol. The number of fused-ring (bicyclic) bond motifs is 1. The van der Waals surface area contributed by atoms with Crippen molar-refractivity contribution >= 4 is 33.2 Å². The van der Waals surface area contributed by atoms with Crippen molar-refractivity contribution in [1.29, 1.82) is 0 Å². The third kappa shape index (κ3) is 2.48. The van der Waals surface area contributed by atoms with Gasteiger partial charge < -0.3 is 9.80 Å². The molecule has 4 heterocycles. The van der Waals surface area contributed by atoms with Crippen molar-refractivity contribution in [3.8, 4) is 0 Å². The van der Waals surface area contributed by atoms with Crippen LogP contribution < -0.4 is 9.80 Å². The van der Waals surface area contributed by atoms with E-state index in [9.17, 15) is 0 Å². The summed E-state index contributed by atoms with van der Waals surface area (Å²) < 4.78 is 0. The molecular weight excluding hydrogens is 296 g/mol. The lowest BCUT2D eigenvalue weighted by molar-refractivity contribution is 0.798. The molecule has 0 aromatic carbocycles. The molecule has 0 saturated carbocycles. The predicted molar refractivity (Wildman–Crippen MR) is 88.5 cm³/mol. The van der Waals surface area contributed by atoms with Crippen LogP contribution in [0.4, 0.5) is 11.5 Å². The number of nitrogens with zero attached hydrogens (tertiary/aromatic N) is 6. The Bertz CT molecular complexity index is 759. The van der Waals surface area contributed by atoms with Crippen LogP contribution in [0.3, 0.4) is 0 Å². The number of pyridine rings is 1. The van der Waals surface area contributed by atoms with E-state index in [1.54, 1.807) is 17.7 Å². The van der Waals surface area contributed by atoms with Crippen molar-refractivity contribution in [1.82, 2.24) is 19.9 Å². The van der Waals surface area contributed by atoms with Crippen LogP contribution in [0.25, 0.3) is 10.3 Å². The van der Waals surface area contributed by atoms with Gasteiger partial charge in [0.1, 0.15) is 16.7 Å². The molecule has 0 radical (unpaired) electrons. The molecule has 0 N–H and O–H groups in total. The van der Waals surface area contributed by atoms with Gasteiger partial charge in [0, 0.05) is 44.3 Å². The maximum absolute atomic E-state index is 4.47. The van der Waals surface area contributed by atoms with E-state index < -0.39 is 0 Å². The Labute approximate surface area is 132 Å². The Morgan fingerprint density at radius 1 is 0.909 bits per heavy atom. The van der Waals surface area contributed by atoms with E-state index in [-0.39, 0.29) is 0 Å². The molecule has 0 bridgehead atoms. The topological polar surface area (TPSA) is 58.0 Å². The van der Waals surface area contributed by atoms with Crippen LogP contribution in [0.1, 0.15) is 6.42 Å². The number of thiazole rings is 1. The Hall–Kier alpha value is -2.28. The molecule has 112 valence electrons. The minimum Gasteiger partial charge on any atom is -0.370 e. The molecule has 0 atom stereocenters. The lowest BCUT2D eigenvalue weighted by atomic mass is 10.3. The molecule has 7 heteroatoms. The van der Waals surface area contributed by atoms with E-state index in [0.29, 0.717) is 0 Å². The molecule has 22 heavy (non-hydrogen) atoms. The fourth-order valence-corrected chi connectivity index (χ4v) is 3.48. The Morgan fingerprint density at radius 2 is 1.73 bits per heavy atom. The summed E-state index contributed by atoms with van der Waals surface area (Å²) in [7, 11) is 0. The molecule has 1 fully saturated rings. The molecule has 1 aliphatic heterocycles. The Kier molecular flexibility index (Phi) is 3.56. The highest BCUT2D eigenvalue weighted by atomic mass is 32.1. The SMILES string of the molecule is c1cc(N2CCCN(c3ncnc4scnc34)CC2)ccn1. The Balaban J connectivity index is 1.57. The van der Waals surface area contributed by atoms with Gasteiger partial charge >= 0.3 is 0 Å². The molecular formula is C15H16N6S. The number of rotatable bonds is 2. The quantitative estimate of drug-likeness (QED) is 0.723. The molecule has 1 saturated heterocycles. The second kappa shape index (κ2) is 5.84. The average Bonchev–Trinajstić information content (AvgIpc) is 2.92. The van der Waals surface area contributed by atoms with Gasteiger partial charge in [-0.3, -0.25) is 4.98 Å². The van der Waals surface area contributed by atoms with Crippen LogP contribution in [0.5, 0.6) is 0 Å². The highest BCUT2D eigenvalue weighted by molar-refractivity contribution is 7.16.